The number of pyridine rings is 1. The van der Waals surface area contributed by atoms with Crippen LogP contribution in [0.4, 0.5) is 5.82 Å². The molecule has 0 bridgehead atoms. The summed E-state index contributed by atoms with van der Waals surface area (Å²) in [4.78, 5) is 50.1. The Morgan fingerprint density at radius 3 is 2.33 bits per heavy atom. The van der Waals surface area contributed by atoms with Gasteiger partial charge in [-0.3, -0.25) is 4.79 Å². The second-order valence-electron chi connectivity index (χ2n) is 5.84. The Morgan fingerprint density at radius 2 is 1.77 bits per heavy atom. The van der Waals surface area contributed by atoms with Crippen molar-refractivity contribution in [3.8, 4) is 22.6 Å². The number of aromatic nitrogens is 1. The van der Waals surface area contributed by atoms with E-state index in [9.17, 15) is 29.4 Å². The van der Waals surface area contributed by atoms with E-state index in [-0.39, 0.29) is 17.1 Å². The smallest absolute Gasteiger partial charge is 0.353 e. The van der Waals surface area contributed by atoms with Crippen LogP contribution in [-0.2, 0) is 0 Å². The molecule has 0 saturated heterocycles. The number of H-pyrrole nitrogens is 1. The zero-order valence-corrected chi connectivity index (χ0v) is 16.1. The first-order chi connectivity index (χ1) is 14.2. The summed E-state index contributed by atoms with van der Waals surface area (Å²) < 4.78 is 10.5. The van der Waals surface area contributed by atoms with Crippen molar-refractivity contribution in [2.24, 2.45) is 0 Å². The van der Waals surface area contributed by atoms with Crippen LogP contribution >= 0.6 is 11.3 Å². The number of rotatable bonds is 6. The van der Waals surface area contributed by atoms with Crippen molar-refractivity contribution < 1.29 is 34.1 Å². The highest BCUT2D eigenvalue weighted by atomic mass is 32.1. The Hall–Kier alpha value is -4.12. The summed E-state index contributed by atoms with van der Waals surface area (Å²) in [6.07, 6.45) is 0. The number of carbonyl (C=O) groups is 3. The van der Waals surface area contributed by atoms with Crippen molar-refractivity contribution >= 4 is 35.1 Å². The van der Waals surface area contributed by atoms with Crippen LogP contribution in [-0.4, -0.2) is 40.2 Å². The number of ether oxygens (including phenoxy) is 2. The van der Waals surface area contributed by atoms with E-state index in [1.165, 1.54) is 36.6 Å². The number of thiophene rings is 1. The fourth-order valence-corrected chi connectivity index (χ4v) is 3.39. The molecule has 11 heteroatoms. The summed E-state index contributed by atoms with van der Waals surface area (Å²) in [5.41, 5.74) is 2.80. The summed E-state index contributed by atoms with van der Waals surface area (Å²) in [6.45, 7) is 0. The average Bonchev–Trinajstić information content (AvgIpc) is 3.21. The molecule has 0 aliphatic rings. The van der Waals surface area contributed by atoms with Crippen molar-refractivity contribution in [1.29, 1.82) is 0 Å². The number of hydrogen-bond acceptors (Lipinski definition) is 8. The van der Waals surface area contributed by atoms with E-state index in [0.29, 0.717) is 4.88 Å². The molecule has 0 saturated carbocycles. The molecular weight excluding hydrogens is 416 g/mol. The van der Waals surface area contributed by atoms with Crippen LogP contribution in [0.25, 0.3) is 11.1 Å². The molecule has 5 N–H and O–H groups in total. The lowest BCUT2D eigenvalue weighted by Gasteiger charge is -2.14. The molecule has 1 aromatic carbocycles. The van der Waals surface area contributed by atoms with Gasteiger partial charge in [-0.05, 0) is 29.1 Å². The zero-order chi connectivity index (χ0) is 22.0. The molecule has 2 heterocycles. The third-order valence-corrected chi connectivity index (χ3v) is 4.90. The molecule has 3 aromatic rings. The minimum Gasteiger partial charge on any atom is -0.493 e. The normalized spacial score (nSPS) is 10.4. The number of carboxylic acid groups (broad SMARTS) is 2. The van der Waals surface area contributed by atoms with Gasteiger partial charge in [0.15, 0.2) is 11.5 Å². The van der Waals surface area contributed by atoms with Crippen LogP contribution < -0.4 is 20.8 Å². The molecule has 0 amide bonds. The Labute approximate surface area is 172 Å². The molecule has 0 radical (unpaired) electrons. The van der Waals surface area contributed by atoms with E-state index in [0.717, 1.165) is 0 Å². The monoisotopic (exact) mass is 430 g/mol. The molecular formula is C19H14N2O8S. The van der Waals surface area contributed by atoms with Gasteiger partial charge in [-0.15, -0.1) is 11.3 Å². The number of nitrogen functional groups attached to an aromatic ring is 1. The Balaban J connectivity index is 2.17. The molecule has 3 rings (SSSR count). The summed E-state index contributed by atoms with van der Waals surface area (Å²) >= 11 is 1.18. The van der Waals surface area contributed by atoms with E-state index >= 15 is 0 Å². The van der Waals surface area contributed by atoms with E-state index in [1.54, 1.807) is 17.5 Å². The minimum absolute atomic E-state index is 0.0175. The number of aromatic amines is 1. The first-order valence-electron chi connectivity index (χ1n) is 8.21. The number of nitrogens with two attached hydrogens (primary N) is 1. The van der Waals surface area contributed by atoms with E-state index in [4.69, 9.17) is 15.2 Å². The Kier molecular flexibility index (Phi) is 5.56. The fourth-order valence-electron chi connectivity index (χ4n) is 2.79. The number of nitrogens with one attached hydrogen (secondary N) is 1. The quantitative estimate of drug-likeness (QED) is 0.338. The number of carbonyl (C=O) groups excluding carboxylic acids is 1. The predicted molar refractivity (Wildman–Crippen MR) is 107 cm³/mol. The van der Waals surface area contributed by atoms with Crippen molar-refractivity contribution in [2.75, 3.05) is 12.8 Å². The van der Waals surface area contributed by atoms with Crippen LogP contribution in [0.3, 0.4) is 0 Å². The van der Waals surface area contributed by atoms with Gasteiger partial charge in [0.2, 0.25) is 0 Å². The molecule has 0 aliphatic carbocycles. The third kappa shape index (κ3) is 3.73. The number of hydrogen-bond donors (Lipinski definition) is 4. The maximum absolute atomic E-state index is 12.2. The topological polar surface area (TPSA) is 169 Å². The standard InChI is InChI=1S/C19H14N2O8S/c1-28-10-7-8(4-5-9(10)29-19(27)11-3-2-6-30-11)12-13(17(23)24)15(20)21-16(22)14(12)18(25)26/h2-7H,1H3,(H,23,24)(H,25,26)(H3,20,21,22). The number of methoxy groups -OCH3 is 1. The molecule has 2 aromatic heterocycles. The lowest BCUT2D eigenvalue weighted by molar-refractivity contribution is 0.0693. The second kappa shape index (κ2) is 8.09. The Bertz CT molecular complexity index is 1210. The summed E-state index contributed by atoms with van der Waals surface area (Å²) in [5, 5.41) is 20.7. The van der Waals surface area contributed by atoms with E-state index in [1.807, 2.05) is 4.98 Å². The first-order valence-corrected chi connectivity index (χ1v) is 9.09. The van der Waals surface area contributed by atoms with Crippen molar-refractivity contribution in [3.05, 3.63) is 62.1 Å². The molecule has 10 nitrogen and oxygen atoms in total. The molecule has 30 heavy (non-hydrogen) atoms. The van der Waals surface area contributed by atoms with Gasteiger partial charge in [-0.1, -0.05) is 12.1 Å². The minimum atomic E-state index is -1.64. The number of aromatic carboxylic acids is 2. The second-order valence-corrected chi connectivity index (χ2v) is 6.78. The summed E-state index contributed by atoms with van der Waals surface area (Å²) in [7, 11) is 1.28. The number of benzene rings is 1. The maximum Gasteiger partial charge on any atom is 0.353 e. The average molecular weight is 430 g/mol. The third-order valence-electron chi connectivity index (χ3n) is 4.05. The van der Waals surface area contributed by atoms with E-state index < -0.39 is 46.0 Å². The SMILES string of the molecule is COc1cc(-c2c(C(=O)O)c(N)[nH]c(=O)c2C(=O)O)ccc1OC(=O)c1cccs1. The van der Waals surface area contributed by atoms with Crippen molar-refractivity contribution in [2.45, 2.75) is 0 Å². The fraction of sp³-hybridized carbons (Fsp3) is 0.0526. The van der Waals surface area contributed by atoms with Crippen LogP contribution in [0, 0.1) is 0 Å². The largest absolute Gasteiger partial charge is 0.493 e. The van der Waals surface area contributed by atoms with Crippen LogP contribution in [0.1, 0.15) is 30.4 Å². The van der Waals surface area contributed by atoms with Crippen molar-refractivity contribution in [1.82, 2.24) is 4.98 Å². The van der Waals surface area contributed by atoms with E-state index in [2.05, 4.69) is 0 Å². The molecule has 0 unspecified atom stereocenters. The van der Waals surface area contributed by atoms with Crippen LogP contribution in [0.2, 0.25) is 0 Å². The number of esters is 1. The molecule has 0 aliphatic heterocycles. The number of anilines is 1. The number of carboxylic acids is 2. The van der Waals surface area contributed by atoms with Gasteiger partial charge in [0, 0.05) is 5.56 Å². The van der Waals surface area contributed by atoms with Gasteiger partial charge in [0.1, 0.15) is 21.8 Å². The first kappa shape index (κ1) is 20.6. The van der Waals surface area contributed by atoms with Crippen LogP contribution in [0.15, 0.2) is 40.5 Å². The lowest BCUT2D eigenvalue weighted by Crippen LogP contribution is -2.24. The zero-order valence-electron chi connectivity index (χ0n) is 15.3. The van der Waals surface area contributed by atoms with Gasteiger partial charge in [-0.25, -0.2) is 14.4 Å². The van der Waals surface area contributed by atoms with Gasteiger partial charge in [0.05, 0.1) is 7.11 Å². The molecule has 0 spiro atoms. The molecule has 0 atom stereocenters. The predicted octanol–water partition coefficient (Wildman–Crippen LogP) is 2.31. The van der Waals surface area contributed by atoms with Gasteiger partial charge < -0.3 is 30.4 Å². The highest BCUT2D eigenvalue weighted by Crippen LogP contribution is 2.36. The highest BCUT2D eigenvalue weighted by molar-refractivity contribution is 7.12. The van der Waals surface area contributed by atoms with Gasteiger partial charge in [0.25, 0.3) is 5.56 Å². The Morgan fingerprint density at radius 1 is 1.07 bits per heavy atom. The summed E-state index contributed by atoms with van der Waals surface area (Å²) in [5.74, 6) is -4.27. The van der Waals surface area contributed by atoms with Gasteiger partial charge >= 0.3 is 17.9 Å². The van der Waals surface area contributed by atoms with Gasteiger partial charge in [-0.2, -0.15) is 0 Å². The maximum atomic E-state index is 12.2. The summed E-state index contributed by atoms with van der Waals surface area (Å²) in [6, 6.07) is 7.11. The molecule has 0 fully saturated rings. The molecule has 154 valence electrons. The van der Waals surface area contributed by atoms with Crippen LogP contribution in [0.5, 0.6) is 11.5 Å². The highest BCUT2D eigenvalue weighted by Gasteiger charge is 2.27. The lowest BCUT2D eigenvalue weighted by atomic mass is 9.95. The van der Waals surface area contributed by atoms with Crippen molar-refractivity contribution in [3.63, 3.8) is 0 Å².